The largest absolute Gasteiger partial charge is 0.345 e. The van der Waals surface area contributed by atoms with E-state index in [2.05, 4.69) is 212 Å². The molecule has 0 bridgehead atoms. The molecule has 9 rings (SSSR count). The lowest BCUT2D eigenvalue weighted by Gasteiger charge is -2.21. The summed E-state index contributed by atoms with van der Waals surface area (Å²) in [5, 5.41) is 0. The molecule has 0 saturated carbocycles. The van der Waals surface area contributed by atoms with E-state index in [0.29, 0.717) is 0 Å². The molecule has 1 heteroatoms. The van der Waals surface area contributed by atoms with Gasteiger partial charge in [-0.05, 0) is 109 Å². The minimum atomic E-state index is 0.142. The zero-order valence-corrected chi connectivity index (χ0v) is 28.6. The highest BCUT2D eigenvalue weighted by atomic mass is 15.1. The number of fused-ring (bicyclic) bond motifs is 3. The molecule has 0 spiro atoms. The van der Waals surface area contributed by atoms with E-state index in [1.165, 1.54) is 83.7 Å². The van der Waals surface area contributed by atoms with Crippen LogP contribution in [0.1, 0.15) is 22.6 Å². The molecule has 0 radical (unpaired) electrons. The van der Waals surface area contributed by atoms with Crippen LogP contribution in [0.4, 0.5) is 11.4 Å². The Labute approximate surface area is 300 Å². The normalized spacial score (nSPS) is 11.9. The monoisotopic (exact) mass is 651 g/mol. The fourth-order valence-electron chi connectivity index (χ4n) is 7.84. The first-order valence-electron chi connectivity index (χ1n) is 17.7. The summed E-state index contributed by atoms with van der Waals surface area (Å²) >= 11 is 0. The van der Waals surface area contributed by atoms with Crippen molar-refractivity contribution in [2.24, 2.45) is 0 Å². The number of hydrogen-bond donors (Lipinski definition) is 0. The molecule has 8 aromatic rings. The van der Waals surface area contributed by atoms with Crippen molar-refractivity contribution in [3.8, 4) is 55.6 Å². The maximum absolute atomic E-state index is 2.43. The molecule has 0 N–H and O–H groups in total. The van der Waals surface area contributed by atoms with Gasteiger partial charge in [0, 0.05) is 24.3 Å². The molecule has 0 unspecified atom stereocenters. The van der Waals surface area contributed by atoms with Gasteiger partial charge >= 0.3 is 0 Å². The standard InChI is InChI=1S/C50H37N/c1-51(40-19-9-4-10-20-40)41-29-25-37(26-30-41)50-46-31-27-38(44-23-13-11-21-42(44)35-15-5-2-6-16-35)33-48(46)49-34-39(28-32-47(49)50)45-24-14-12-22-43(45)36-17-7-3-8-18-36/h2-34,50H,1H3. The molecule has 0 amide bonds. The first-order chi connectivity index (χ1) is 25.2. The van der Waals surface area contributed by atoms with E-state index < -0.39 is 0 Å². The van der Waals surface area contributed by atoms with Crippen molar-refractivity contribution in [2.45, 2.75) is 5.92 Å². The lowest BCUT2D eigenvalue weighted by molar-refractivity contribution is 1.01. The molecule has 0 fully saturated rings. The van der Waals surface area contributed by atoms with Gasteiger partial charge in [0.15, 0.2) is 0 Å². The smallest absolute Gasteiger partial charge is 0.0408 e. The Bertz CT molecular complexity index is 2330. The first-order valence-corrected chi connectivity index (χ1v) is 17.7. The highest BCUT2D eigenvalue weighted by Gasteiger charge is 2.31. The van der Waals surface area contributed by atoms with Gasteiger partial charge in [-0.2, -0.15) is 0 Å². The summed E-state index contributed by atoms with van der Waals surface area (Å²) in [5.74, 6) is 0.142. The Morgan fingerprint density at radius 2 is 0.686 bits per heavy atom. The third-order valence-electron chi connectivity index (χ3n) is 10.4. The number of nitrogens with zero attached hydrogens (tertiary/aromatic N) is 1. The van der Waals surface area contributed by atoms with Gasteiger partial charge < -0.3 is 4.90 Å². The molecular weight excluding hydrogens is 615 g/mol. The van der Waals surface area contributed by atoms with Crippen molar-refractivity contribution >= 4 is 11.4 Å². The van der Waals surface area contributed by atoms with Crippen LogP contribution in [0.25, 0.3) is 55.6 Å². The van der Waals surface area contributed by atoms with Crippen molar-refractivity contribution in [3.63, 3.8) is 0 Å². The van der Waals surface area contributed by atoms with Crippen LogP contribution in [0.2, 0.25) is 0 Å². The summed E-state index contributed by atoms with van der Waals surface area (Å²) in [5.41, 5.74) is 18.9. The van der Waals surface area contributed by atoms with Crippen LogP contribution in [0.3, 0.4) is 0 Å². The third-order valence-corrected chi connectivity index (χ3v) is 10.4. The average Bonchev–Trinajstić information content (AvgIpc) is 3.54. The number of para-hydroxylation sites is 1. The van der Waals surface area contributed by atoms with E-state index in [1.54, 1.807) is 0 Å². The average molecular weight is 652 g/mol. The second-order valence-electron chi connectivity index (χ2n) is 13.3. The second kappa shape index (κ2) is 13.1. The molecule has 0 atom stereocenters. The van der Waals surface area contributed by atoms with E-state index in [4.69, 9.17) is 0 Å². The summed E-state index contributed by atoms with van der Waals surface area (Å²) in [6.45, 7) is 0. The van der Waals surface area contributed by atoms with Crippen LogP contribution in [-0.4, -0.2) is 7.05 Å². The lowest BCUT2D eigenvalue weighted by atomic mass is 9.87. The topological polar surface area (TPSA) is 3.24 Å². The van der Waals surface area contributed by atoms with Crippen LogP contribution in [0.15, 0.2) is 200 Å². The minimum Gasteiger partial charge on any atom is -0.345 e. The van der Waals surface area contributed by atoms with Gasteiger partial charge in [-0.15, -0.1) is 0 Å². The summed E-state index contributed by atoms with van der Waals surface area (Å²) in [4.78, 5) is 2.24. The van der Waals surface area contributed by atoms with Crippen LogP contribution >= 0.6 is 0 Å². The Morgan fingerprint density at radius 1 is 0.314 bits per heavy atom. The first kappa shape index (κ1) is 30.6. The SMILES string of the molecule is CN(c1ccccc1)c1ccc(C2c3ccc(-c4ccccc4-c4ccccc4)cc3-c3cc(-c4ccccc4-c4ccccc4)ccc32)cc1. The maximum atomic E-state index is 2.43. The van der Waals surface area contributed by atoms with Crippen LogP contribution in [-0.2, 0) is 0 Å². The Kier molecular flexibility index (Phi) is 7.87. The molecular formula is C50H37N. The molecule has 8 aromatic carbocycles. The number of hydrogen-bond acceptors (Lipinski definition) is 1. The third kappa shape index (κ3) is 5.63. The minimum absolute atomic E-state index is 0.142. The van der Waals surface area contributed by atoms with Crippen molar-refractivity contribution in [2.75, 3.05) is 11.9 Å². The van der Waals surface area contributed by atoms with E-state index in [-0.39, 0.29) is 5.92 Å². The van der Waals surface area contributed by atoms with Crippen LogP contribution < -0.4 is 4.90 Å². The highest BCUT2D eigenvalue weighted by molar-refractivity contribution is 5.92. The quantitative estimate of drug-likeness (QED) is 0.166. The van der Waals surface area contributed by atoms with E-state index in [0.717, 1.165) is 0 Å². The predicted octanol–water partition coefficient (Wildman–Crippen LogP) is 13.3. The van der Waals surface area contributed by atoms with Crippen molar-refractivity contribution in [1.29, 1.82) is 0 Å². The highest BCUT2D eigenvalue weighted by Crippen LogP contribution is 2.51. The zero-order chi connectivity index (χ0) is 34.1. The van der Waals surface area contributed by atoms with Crippen molar-refractivity contribution in [3.05, 3.63) is 217 Å². The number of benzene rings is 8. The lowest BCUT2D eigenvalue weighted by Crippen LogP contribution is -2.09. The molecule has 51 heavy (non-hydrogen) atoms. The number of anilines is 2. The number of rotatable bonds is 7. The van der Waals surface area contributed by atoms with Crippen molar-refractivity contribution in [1.82, 2.24) is 0 Å². The molecule has 0 saturated heterocycles. The van der Waals surface area contributed by atoms with Gasteiger partial charge in [0.1, 0.15) is 0 Å². The predicted molar refractivity (Wildman–Crippen MR) is 216 cm³/mol. The molecule has 0 heterocycles. The second-order valence-corrected chi connectivity index (χ2v) is 13.3. The maximum Gasteiger partial charge on any atom is 0.0408 e. The zero-order valence-electron chi connectivity index (χ0n) is 28.6. The van der Waals surface area contributed by atoms with Gasteiger partial charge in [-0.25, -0.2) is 0 Å². The van der Waals surface area contributed by atoms with Gasteiger partial charge in [-0.3, -0.25) is 0 Å². The van der Waals surface area contributed by atoms with Crippen LogP contribution in [0.5, 0.6) is 0 Å². The fourth-order valence-corrected chi connectivity index (χ4v) is 7.84. The van der Waals surface area contributed by atoms with E-state index in [9.17, 15) is 0 Å². The Balaban J connectivity index is 1.19. The van der Waals surface area contributed by atoms with E-state index >= 15 is 0 Å². The van der Waals surface area contributed by atoms with Gasteiger partial charge in [0.2, 0.25) is 0 Å². The molecule has 0 aliphatic heterocycles. The molecule has 1 nitrogen and oxygen atoms in total. The molecule has 1 aliphatic rings. The summed E-state index contributed by atoms with van der Waals surface area (Å²) in [6.07, 6.45) is 0. The summed E-state index contributed by atoms with van der Waals surface area (Å²) in [6, 6.07) is 73.0. The fraction of sp³-hybridized carbons (Fsp3) is 0.0400. The summed E-state index contributed by atoms with van der Waals surface area (Å²) in [7, 11) is 2.13. The molecule has 242 valence electrons. The molecule has 1 aliphatic carbocycles. The van der Waals surface area contributed by atoms with Crippen molar-refractivity contribution < 1.29 is 0 Å². The van der Waals surface area contributed by atoms with Gasteiger partial charge in [-0.1, -0.05) is 164 Å². The summed E-state index contributed by atoms with van der Waals surface area (Å²) < 4.78 is 0. The van der Waals surface area contributed by atoms with Gasteiger partial charge in [0.05, 0.1) is 0 Å². The Morgan fingerprint density at radius 3 is 1.14 bits per heavy atom. The van der Waals surface area contributed by atoms with Gasteiger partial charge in [0.25, 0.3) is 0 Å². The molecule has 0 aromatic heterocycles. The van der Waals surface area contributed by atoms with Crippen LogP contribution in [0, 0.1) is 0 Å². The van der Waals surface area contributed by atoms with E-state index in [1.807, 2.05) is 0 Å². The Hall–Kier alpha value is -6.44.